The lowest BCUT2D eigenvalue weighted by Gasteiger charge is -2.35. The number of hydrogen-bond acceptors (Lipinski definition) is 3. The number of rotatable bonds is 3. The predicted octanol–water partition coefficient (Wildman–Crippen LogP) is 2.63. The average Bonchev–Trinajstić information content (AvgIpc) is 3.30. The van der Waals surface area contributed by atoms with E-state index in [-0.39, 0.29) is 11.9 Å². The Labute approximate surface area is 142 Å². The highest BCUT2D eigenvalue weighted by molar-refractivity contribution is 6.31. The second-order valence-electron chi connectivity index (χ2n) is 7.19. The number of fused-ring (bicyclic) bond motifs is 1. The van der Waals surface area contributed by atoms with Gasteiger partial charge in [0.1, 0.15) is 0 Å². The van der Waals surface area contributed by atoms with Gasteiger partial charge in [-0.05, 0) is 55.9 Å². The maximum absolute atomic E-state index is 12.4. The van der Waals surface area contributed by atoms with Gasteiger partial charge >= 0.3 is 0 Å². The molecule has 0 unspecified atom stereocenters. The molecule has 3 fully saturated rings. The molecular formula is C18H23ClN2O2. The van der Waals surface area contributed by atoms with Crippen molar-refractivity contribution in [1.82, 2.24) is 10.2 Å². The zero-order valence-corrected chi connectivity index (χ0v) is 14.2. The Morgan fingerprint density at radius 2 is 2.17 bits per heavy atom. The number of nitrogens with zero attached hydrogens (tertiary/aromatic N) is 1. The van der Waals surface area contributed by atoms with Crippen LogP contribution < -0.4 is 5.32 Å². The van der Waals surface area contributed by atoms with Gasteiger partial charge in [0.2, 0.25) is 0 Å². The zero-order valence-electron chi connectivity index (χ0n) is 13.4. The maximum atomic E-state index is 12.4. The molecule has 3 atom stereocenters. The molecule has 0 aromatic heterocycles. The average molecular weight is 335 g/mol. The quantitative estimate of drug-likeness (QED) is 0.924. The molecule has 3 aliphatic rings. The van der Waals surface area contributed by atoms with Crippen LogP contribution in [0.4, 0.5) is 0 Å². The van der Waals surface area contributed by atoms with Gasteiger partial charge in [0.25, 0.3) is 5.91 Å². The lowest BCUT2D eigenvalue weighted by atomic mass is 10.1. The summed E-state index contributed by atoms with van der Waals surface area (Å²) in [7, 11) is 0. The first-order valence-electron chi connectivity index (χ1n) is 8.53. The number of nitrogens with one attached hydrogen (secondary N) is 1. The van der Waals surface area contributed by atoms with Gasteiger partial charge < -0.3 is 10.1 Å². The van der Waals surface area contributed by atoms with Crippen molar-refractivity contribution in [3.63, 3.8) is 0 Å². The van der Waals surface area contributed by atoms with Crippen LogP contribution in [0.15, 0.2) is 18.2 Å². The molecule has 4 rings (SSSR count). The van der Waals surface area contributed by atoms with Crippen LogP contribution in [0.3, 0.4) is 0 Å². The third-order valence-electron chi connectivity index (χ3n) is 5.35. The Hall–Kier alpha value is -1.10. The van der Waals surface area contributed by atoms with Crippen LogP contribution in [0.2, 0.25) is 5.02 Å². The monoisotopic (exact) mass is 334 g/mol. The summed E-state index contributed by atoms with van der Waals surface area (Å²) >= 11 is 6.03. The van der Waals surface area contributed by atoms with Gasteiger partial charge in [-0.3, -0.25) is 9.69 Å². The topological polar surface area (TPSA) is 41.6 Å². The maximum Gasteiger partial charge on any atom is 0.251 e. The van der Waals surface area contributed by atoms with E-state index in [9.17, 15) is 4.79 Å². The van der Waals surface area contributed by atoms with Gasteiger partial charge in [0.15, 0.2) is 0 Å². The number of halogens is 1. The van der Waals surface area contributed by atoms with E-state index >= 15 is 0 Å². The van der Waals surface area contributed by atoms with Crippen molar-refractivity contribution >= 4 is 17.5 Å². The van der Waals surface area contributed by atoms with E-state index in [2.05, 4.69) is 10.2 Å². The molecule has 2 saturated heterocycles. The van der Waals surface area contributed by atoms with E-state index in [1.165, 1.54) is 12.8 Å². The Kier molecular flexibility index (Phi) is 4.08. The second-order valence-corrected chi connectivity index (χ2v) is 7.59. The van der Waals surface area contributed by atoms with Crippen molar-refractivity contribution < 1.29 is 9.53 Å². The number of benzene rings is 1. The molecule has 124 valence electrons. The van der Waals surface area contributed by atoms with Gasteiger partial charge in [0.05, 0.1) is 12.7 Å². The molecule has 1 aromatic carbocycles. The molecule has 0 spiro atoms. The van der Waals surface area contributed by atoms with E-state index in [0.29, 0.717) is 22.7 Å². The van der Waals surface area contributed by atoms with Crippen molar-refractivity contribution in [3.8, 4) is 0 Å². The third kappa shape index (κ3) is 3.25. The molecule has 1 saturated carbocycles. The summed E-state index contributed by atoms with van der Waals surface area (Å²) in [5.74, 6) is 0.774. The van der Waals surface area contributed by atoms with E-state index in [0.717, 1.165) is 37.6 Å². The van der Waals surface area contributed by atoms with Crippen molar-refractivity contribution in [2.45, 2.75) is 44.4 Å². The van der Waals surface area contributed by atoms with Crippen LogP contribution in [0.25, 0.3) is 0 Å². The number of hydrogen-bond donors (Lipinski definition) is 1. The van der Waals surface area contributed by atoms with Gasteiger partial charge in [-0.15, -0.1) is 0 Å². The van der Waals surface area contributed by atoms with Crippen LogP contribution in [0, 0.1) is 12.8 Å². The Bertz CT molecular complexity index is 617. The highest BCUT2D eigenvalue weighted by Gasteiger charge is 2.42. The van der Waals surface area contributed by atoms with E-state index < -0.39 is 0 Å². The van der Waals surface area contributed by atoms with Crippen LogP contribution in [0.1, 0.15) is 35.2 Å². The van der Waals surface area contributed by atoms with Crippen molar-refractivity contribution in [1.29, 1.82) is 0 Å². The van der Waals surface area contributed by atoms with Crippen molar-refractivity contribution in [2.75, 3.05) is 19.7 Å². The fourth-order valence-electron chi connectivity index (χ4n) is 3.81. The predicted molar refractivity (Wildman–Crippen MR) is 89.9 cm³/mol. The largest absolute Gasteiger partial charge is 0.375 e. The van der Waals surface area contributed by atoms with Gasteiger partial charge in [-0.25, -0.2) is 0 Å². The second kappa shape index (κ2) is 6.08. The number of carbonyl (C=O) groups is 1. The molecule has 1 N–H and O–H groups in total. The zero-order chi connectivity index (χ0) is 16.0. The molecule has 0 radical (unpaired) electrons. The fourth-order valence-corrected chi connectivity index (χ4v) is 3.93. The Morgan fingerprint density at radius 1 is 1.35 bits per heavy atom. The molecule has 1 amide bonds. The van der Waals surface area contributed by atoms with Crippen molar-refractivity contribution in [3.05, 3.63) is 34.3 Å². The molecule has 5 heteroatoms. The highest BCUT2D eigenvalue weighted by Crippen LogP contribution is 2.37. The summed E-state index contributed by atoms with van der Waals surface area (Å²) in [4.78, 5) is 15.0. The van der Waals surface area contributed by atoms with Gasteiger partial charge in [-0.1, -0.05) is 11.6 Å². The van der Waals surface area contributed by atoms with Gasteiger partial charge in [0, 0.05) is 35.8 Å². The summed E-state index contributed by atoms with van der Waals surface area (Å²) in [5.41, 5.74) is 1.62. The summed E-state index contributed by atoms with van der Waals surface area (Å²) in [6, 6.07) is 6.11. The summed E-state index contributed by atoms with van der Waals surface area (Å²) in [5, 5.41) is 3.88. The molecule has 4 nitrogen and oxygen atoms in total. The van der Waals surface area contributed by atoms with Crippen LogP contribution in [0.5, 0.6) is 0 Å². The SMILES string of the molecule is Cc1cc(C(=O)N[C@@H]2C[C@H]3CO[C@H](C4CC4)CN3C2)ccc1Cl. The Morgan fingerprint density at radius 3 is 2.91 bits per heavy atom. The minimum atomic E-state index is -0.00530. The van der Waals surface area contributed by atoms with Crippen LogP contribution >= 0.6 is 11.6 Å². The number of ether oxygens (including phenoxy) is 1. The molecule has 2 heterocycles. The van der Waals surface area contributed by atoms with Crippen LogP contribution in [-0.4, -0.2) is 48.7 Å². The number of morpholine rings is 1. The standard InChI is InChI=1S/C18H23ClN2O2/c1-11-6-13(4-5-16(11)19)18(22)20-14-7-15-10-23-17(12-2-3-12)9-21(15)8-14/h4-6,12,14-15,17H,2-3,7-10H2,1H3,(H,20,22)/t14-,15+,17+/m1/s1. The first-order chi connectivity index (χ1) is 11.1. The summed E-state index contributed by atoms with van der Waals surface area (Å²) in [6.07, 6.45) is 4.04. The summed E-state index contributed by atoms with van der Waals surface area (Å²) < 4.78 is 6.01. The van der Waals surface area contributed by atoms with Crippen molar-refractivity contribution in [2.24, 2.45) is 5.92 Å². The minimum Gasteiger partial charge on any atom is -0.375 e. The van der Waals surface area contributed by atoms with Crippen LogP contribution in [-0.2, 0) is 4.74 Å². The third-order valence-corrected chi connectivity index (χ3v) is 5.77. The van der Waals surface area contributed by atoms with E-state index in [1.54, 1.807) is 12.1 Å². The van der Waals surface area contributed by atoms with E-state index in [4.69, 9.17) is 16.3 Å². The molecule has 1 aromatic rings. The number of aryl methyl sites for hydroxylation is 1. The lowest BCUT2D eigenvalue weighted by Crippen LogP contribution is -2.47. The molecule has 2 aliphatic heterocycles. The van der Waals surface area contributed by atoms with E-state index in [1.807, 2.05) is 13.0 Å². The molecule has 23 heavy (non-hydrogen) atoms. The smallest absolute Gasteiger partial charge is 0.251 e. The molecular weight excluding hydrogens is 312 g/mol. The molecule has 0 bridgehead atoms. The summed E-state index contributed by atoms with van der Waals surface area (Å²) in [6.45, 7) is 4.70. The minimum absolute atomic E-state index is 0.00530. The molecule has 1 aliphatic carbocycles. The number of carbonyl (C=O) groups excluding carboxylic acids is 1. The fraction of sp³-hybridized carbons (Fsp3) is 0.611. The van der Waals surface area contributed by atoms with Gasteiger partial charge in [-0.2, -0.15) is 0 Å². The highest BCUT2D eigenvalue weighted by atomic mass is 35.5. The normalized spacial score (nSPS) is 31.0. The Balaban J connectivity index is 1.36. The lowest BCUT2D eigenvalue weighted by molar-refractivity contribution is -0.0581. The first-order valence-corrected chi connectivity index (χ1v) is 8.90. The first kappa shape index (κ1) is 15.4. The number of amides is 1.